The largest absolute Gasteiger partial charge is 0.460 e. The number of hydrogen-bond acceptors (Lipinski definition) is 5. The Bertz CT molecular complexity index is 969. The molecule has 7 nitrogen and oxygen atoms in total. The number of piperidine rings is 2. The molecule has 1 aromatic carbocycles. The van der Waals surface area contributed by atoms with E-state index >= 15 is 0 Å². The molecule has 0 bridgehead atoms. The number of ether oxygens (including phenoxy) is 1. The van der Waals surface area contributed by atoms with Crippen LogP contribution in [0.1, 0.15) is 49.7 Å². The molecule has 2 atom stereocenters. The van der Waals surface area contributed by atoms with Crippen molar-refractivity contribution in [1.82, 2.24) is 15.5 Å². The SMILES string of the molecule is C#C[C@@H](CNC(=O)[C@@H]1CCCN(C(=O)CCC2CCNCC2)C1)C(=O)OCc1ccc(C(F)(F)F)cc1. The first-order chi connectivity index (χ1) is 17.7. The first kappa shape index (κ1) is 28.5. The highest BCUT2D eigenvalue weighted by atomic mass is 19.4. The second kappa shape index (κ2) is 13.5. The van der Waals surface area contributed by atoms with Crippen molar-refractivity contribution in [1.29, 1.82) is 0 Å². The molecule has 2 aliphatic heterocycles. The number of hydrogen-bond donors (Lipinski definition) is 2. The Balaban J connectivity index is 1.41. The zero-order chi connectivity index (χ0) is 26.8. The van der Waals surface area contributed by atoms with Crippen molar-refractivity contribution < 1.29 is 32.3 Å². The van der Waals surface area contributed by atoms with Crippen LogP contribution in [0.15, 0.2) is 24.3 Å². The molecule has 0 radical (unpaired) electrons. The number of nitrogens with one attached hydrogen (secondary N) is 2. The molecule has 2 saturated heterocycles. The summed E-state index contributed by atoms with van der Waals surface area (Å²) >= 11 is 0. The van der Waals surface area contributed by atoms with E-state index in [2.05, 4.69) is 16.6 Å². The summed E-state index contributed by atoms with van der Waals surface area (Å²) in [4.78, 5) is 39.5. The predicted octanol–water partition coefficient (Wildman–Crippen LogP) is 3.13. The van der Waals surface area contributed by atoms with Gasteiger partial charge >= 0.3 is 12.1 Å². The lowest BCUT2D eigenvalue weighted by molar-refractivity contribution is -0.148. The lowest BCUT2D eigenvalue weighted by Crippen LogP contribution is -2.46. The van der Waals surface area contributed by atoms with Crippen LogP contribution >= 0.6 is 0 Å². The first-order valence-electron chi connectivity index (χ1n) is 12.7. The van der Waals surface area contributed by atoms with E-state index in [1.165, 1.54) is 12.1 Å². The molecule has 0 aliphatic carbocycles. The molecular formula is C27H34F3N3O4. The van der Waals surface area contributed by atoms with E-state index in [1.54, 1.807) is 4.90 Å². The average Bonchev–Trinajstić information content (AvgIpc) is 2.91. The Morgan fingerprint density at radius 3 is 2.51 bits per heavy atom. The number of amides is 2. The normalized spacial score (nSPS) is 19.5. The van der Waals surface area contributed by atoms with Gasteiger partial charge in [0.15, 0.2) is 0 Å². The maximum atomic E-state index is 12.7. The summed E-state index contributed by atoms with van der Waals surface area (Å²) < 4.78 is 43.2. The minimum Gasteiger partial charge on any atom is -0.460 e. The minimum atomic E-state index is -4.45. The van der Waals surface area contributed by atoms with Gasteiger partial charge in [0.25, 0.3) is 0 Å². The maximum Gasteiger partial charge on any atom is 0.416 e. The molecule has 10 heteroatoms. The van der Waals surface area contributed by atoms with Gasteiger partial charge in [-0.15, -0.1) is 6.42 Å². The third kappa shape index (κ3) is 8.78. The van der Waals surface area contributed by atoms with Crippen LogP contribution < -0.4 is 10.6 Å². The topological polar surface area (TPSA) is 87.7 Å². The van der Waals surface area contributed by atoms with E-state index in [1.807, 2.05) is 0 Å². The zero-order valence-electron chi connectivity index (χ0n) is 20.8. The van der Waals surface area contributed by atoms with Crippen LogP contribution in [-0.2, 0) is 31.9 Å². The number of nitrogens with zero attached hydrogens (tertiary/aromatic N) is 1. The Hall–Kier alpha value is -3.06. The molecule has 2 N–H and O–H groups in total. The fourth-order valence-corrected chi connectivity index (χ4v) is 4.68. The van der Waals surface area contributed by atoms with Gasteiger partial charge in [0, 0.05) is 26.1 Å². The number of likely N-dealkylation sites (tertiary alicyclic amines) is 1. The lowest BCUT2D eigenvalue weighted by Gasteiger charge is -2.33. The highest BCUT2D eigenvalue weighted by molar-refractivity contribution is 5.82. The number of halogens is 3. The molecule has 202 valence electrons. The van der Waals surface area contributed by atoms with E-state index in [4.69, 9.17) is 11.2 Å². The Morgan fingerprint density at radius 1 is 1.16 bits per heavy atom. The van der Waals surface area contributed by atoms with Crippen molar-refractivity contribution in [3.05, 3.63) is 35.4 Å². The van der Waals surface area contributed by atoms with Crippen molar-refractivity contribution >= 4 is 17.8 Å². The number of rotatable bonds is 9. The highest BCUT2D eigenvalue weighted by Gasteiger charge is 2.31. The van der Waals surface area contributed by atoms with Gasteiger partial charge in [-0.3, -0.25) is 14.4 Å². The summed E-state index contributed by atoms with van der Waals surface area (Å²) in [6.07, 6.45) is 5.90. The number of carbonyl (C=O) groups is 3. The van der Waals surface area contributed by atoms with Gasteiger partial charge in [0.05, 0.1) is 11.5 Å². The molecule has 0 aromatic heterocycles. The smallest absolute Gasteiger partial charge is 0.416 e. The molecule has 37 heavy (non-hydrogen) atoms. The first-order valence-corrected chi connectivity index (χ1v) is 12.7. The molecule has 0 unspecified atom stereocenters. The number of carbonyl (C=O) groups excluding carboxylic acids is 3. The molecule has 2 amide bonds. The summed E-state index contributed by atoms with van der Waals surface area (Å²) in [6.45, 7) is 2.60. The molecule has 1 aromatic rings. The number of terminal acetylenes is 1. The van der Waals surface area contributed by atoms with Crippen LogP contribution in [0.4, 0.5) is 13.2 Å². The van der Waals surface area contributed by atoms with Crippen molar-refractivity contribution in [2.24, 2.45) is 17.8 Å². The van der Waals surface area contributed by atoms with Gasteiger partial charge in [-0.25, -0.2) is 0 Å². The average molecular weight is 522 g/mol. The second-order valence-corrected chi connectivity index (χ2v) is 9.68. The van der Waals surface area contributed by atoms with Gasteiger partial charge in [0.2, 0.25) is 11.8 Å². The van der Waals surface area contributed by atoms with E-state index in [9.17, 15) is 27.6 Å². The Labute approximate surface area is 215 Å². The summed E-state index contributed by atoms with van der Waals surface area (Å²) in [5, 5.41) is 6.02. The quantitative estimate of drug-likeness (QED) is 0.385. The van der Waals surface area contributed by atoms with Crippen LogP contribution in [0.2, 0.25) is 0 Å². The molecule has 3 rings (SSSR count). The Kier molecular flexibility index (Phi) is 10.4. The highest BCUT2D eigenvalue weighted by Crippen LogP contribution is 2.29. The van der Waals surface area contributed by atoms with Crippen molar-refractivity contribution in [3.63, 3.8) is 0 Å². The summed E-state index contributed by atoms with van der Waals surface area (Å²) in [5.74, 6) is 0.496. The summed E-state index contributed by atoms with van der Waals surface area (Å²) in [7, 11) is 0. The number of esters is 1. The molecule has 2 heterocycles. The van der Waals surface area contributed by atoms with E-state index in [-0.39, 0.29) is 30.9 Å². The van der Waals surface area contributed by atoms with Crippen molar-refractivity contribution in [2.75, 3.05) is 32.7 Å². The molecule has 2 aliphatic rings. The standard InChI is InChI=1S/C27H34F3N3O4/c1-2-21(26(36)37-18-20-5-8-23(9-6-20)27(28,29)30)16-32-25(35)22-4-3-15-33(17-22)24(34)10-7-19-11-13-31-14-12-19/h1,5-6,8-9,19,21-22,31H,3-4,7,10-18H2,(H,32,35)/t21-,22+/m0/s1. The fourth-order valence-electron chi connectivity index (χ4n) is 4.68. The van der Waals surface area contributed by atoms with Crippen molar-refractivity contribution in [3.8, 4) is 12.3 Å². The minimum absolute atomic E-state index is 0.0735. The molecule has 2 fully saturated rings. The summed E-state index contributed by atoms with van der Waals surface area (Å²) in [5.41, 5.74) is -0.412. The molecular weight excluding hydrogens is 487 g/mol. The maximum absolute atomic E-state index is 12.7. The monoisotopic (exact) mass is 521 g/mol. The predicted molar refractivity (Wildman–Crippen MR) is 131 cm³/mol. The fraction of sp³-hybridized carbons (Fsp3) is 0.593. The van der Waals surface area contributed by atoms with E-state index in [0.717, 1.165) is 50.9 Å². The van der Waals surface area contributed by atoms with E-state index < -0.39 is 23.6 Å². The lowest BCUT2D eigenvalue weighted by atomic mass is 9.92. The van der Waals surface area contributed by atoms with Crippen LogP contribution in [-0.4, -0.2) is 55.4 Å². The van der Waals surface area contributed by atoms with Gasteiger partial charge < -0.3 is 20.3 Å². The number of alkyl halides is 3. The van der Waals surface area contributed by atoms with Crippen LogP contribution in [0.25, 0.3) is 0 Å². The third-order valence-corrected chi connectivity index (χ3v) is 7.00. The van der Waals surface area contributed by atoms with Gasteiger partial charge in [-0.1, -0.05) is 18.1 Å². The Morgan fingerprint density at radius 2 is 1.86 bits per heavy atom. The molecule has 0 spiro atoms. The zero-order valence-corrected chi connectivity index (χ0v) is 20.8. The second-order valence-electron chi connectivity index (χ2n) is 9.68. The van der Waals surface area contributed by atoms with Gasteiger partial charge in [-0.05, 0) is 68.8 Å². The third-order valence-electron chi connectivity index (χ3n) is 7.00. The molecule has 0 saturated carbocycles. The van der Waals surface area contributed by atoms with Gasteiger partial charge in [-0.2, -0.15) is 13.2 Å². The van der Waals surface area contributed by atoms with Crippen LogP contribution in [0.5, 0.6) is 0 Å². The number of benzene rings is 1. The van der Waals surface area contributed by atoms with E-state index in [0.29, 0.717) is 37.4 Å². The van der Waals surface area contributed by atoms with Gasteiger partial charge in [0.1, 0.15) is 12.5 Å². The van der Waals surface area contributed by atoms with Crippen LogP contribution in [0.3, 0.4) is 0 Å². The van der Waals surface area contributed by atoms with Crippen LogP contribution in [0, 0.1) is 30.1 Å². The van der Waals surface area contributed by atoms with Crippen molar-refractivity contribution in [2.45, 2.75) is 51.3 Å². The summed E-state index contributed by atoms with van der Waals surface area (Å²) in [6, 6.07) is 4.28.